The highest BCUT2D eigenvalue weighted by atomic mass is 16.5. The molecule has 0 bridgehead atoms. The molecule has 0 spiro atoms. The second kappa shape index (κ2) is 4.45. The van der Waals surface area contributed by atoms with E-state index < -0.39 is 0 Å². The average Bonchev–Trinajstić information content (AvgIpc) is 2.18. The predicted octanol–water partition coefficient (Wildman–Crippen LogP) is 2.51. The molecule has 0 saturated heterocycles. The molecule has 0 aliphatic heterocycles. The van der Waals surface area contributed by atoms with E-state index in [1.54, 1.807) is 25.1 Å². The van der Waals surface area contributed by atoms with Crippen molar-refractivity contribution in [2.45, 2.75) is 6.92 Å². The lowest BCUT2D eigenvalue weighted by molar-refractivity contribution is 0.0526. The first kappa shape index (κ1) is 9.52. The quantitative estimate of drug-likeness (QED) is 0.661. The van der Waals surface area contributed by atoms with Crippen LogP contribution in [0.2, 0.25) is 0 Å². The molecule has 68 valence electrons. The number of carbonyl (C=O) groups excluding carboxylic acids is 1. The van der Waals surface area contributed by atoms with E-state index in [1.165, 1.54) is 0 Å². The van der Waals surface area contributed by atoms with E-state index >= 15 is 0 Å². The zero-order chi connectivity index (χ0) is 9.68. The zero-order valence-electron chi connectivity index (χ0n) is 7.62. The van der Waals surface area contributed by atoms with Gasteiger partial charge in [-0.1, -0.05) is 24.8 Å². The highest BCUT2D eigenvalue weighted by Crippen LogP contribution is 2.07. The van der Waals surface area contributed by atoms with Crippen molar-refractivity contribution < 1.29 is 9.53 Å². The highest BCUT2D eigenvalue weighted by molar-refractivity contribution is 5.90. The molecule has 0 atom stereocenters. The smallest absolute Gasteiger partial charge is 0.338 e. The second-order valence-corrected chi connectivity index (χ2v) is 2.55. The van der Waals surface area contributed by atoms with Gasteiger partial charge in [0.1, 0.15) is 0 Å². The Bertz CT molecular complexity index is 316. The molecule has 1 rings (SSSR count). The van der Waals surface area contributed by atoms with Gasteiger partial charge in [-0.3, -0.25) is 0 Å². The molecule has 2 heteroatoms. The molecule has 0 aliphatic carbocycles. The van der Waals surface area contributed by atoms with Crippen molar-refractivity contribution in [3.8, 4) is 0 Å². The molecular weight excluding hydrogens is 164 g/mol. The molecule has 0 saturated carbocycles. The normalized spacial score (nSPS) is 9.31. The summed E-state index contributed by atoms with van der Waals surface area (Å²) in [5, 5.41) is 0. The van der Waals surface area contributed by atoms with Crippen LogP contribution in [0.5, 0.6) is 0 Å². The van der Waals surface area contributed by atoms with Gasteiger partial charge in [-0.2, -0.15) is 0 Å². The standard InChI is InChI=1S/C11H12O2/c1-3-9-6-5-7-10(8-9)11(12)13-4-2/h3,5-8H,1,4H2,2H3. The topological polar surface area (TPSA) is 26.3 Å². The minimum absolute atomic E-state index is 0.286. The van der Waals surface area contributed by atoms with E-state index in [9.17, 15) is 4.79 Å². The molecule has 0 N–H and O–H groups in total. The van der Waals surface area contributed by atoms with Crippen molar-refractivity contribution in [2.75, 3.05) is 6.61 Å². The second-order valence-electron chi connectivity index (χ2n) is 2.55. The third kappa shape index (κ3) is 2.44. The molecule has 0 aromatic heterocycles. The molecule has 0 amide bonds. The van der Waals surface area contributed by atoms with Crippen molar-refractivity contribution in [3.05, 3.63) is 42.0 Å². The van der Waals surface area contributed by atoms with E-state index in [0.717, 1.165) is 5.56 Å². The largest absolute Gasteiger partial charge is 0.462 e. The molecule has 0 aliphatic rings. The van der Waals surface area contributed by atoms with E-state index in [4.69, 9.17) is 4.74 Å². The van der Waals surface area contributed by atoms with Gasteiger partial charge in [0.25, 0.3) is 0 Å². The third-order valence-corrected chi connectivity index (χ3v) is 1.63. The first-order valence-corrected chi connectivity index (χ1v) is 4.17. The summed E-state index contributed by atoms with van der Waals surface area (Å²) >= 11 is 0. The summed E-state index contributed by atoms with van der Waals surface area (Å²) in [6.07, 6.45) is 1.70. The summed E-state index contributed by atoms with van der Waals surface area (Å²) in [6, 6.07) is 7.18. The number of hydrogen-bond donors (Lipinski definition) is 0. The van der Waals surface area contributed by atoms with E-state index in [1.807, 2.05) is 12.1 Å². The number of esters is 1. The SMILES string of the molecule is C=Cc1cccc(C(=O)OCC)c1. The monoisotopic (exact) mass is 176 g/mol. The Morgan fingerprint density at radius 1 is 1.62 bits per heavy atom. The Kier molecular flexibility index (Phi) is 3.26. The highest BCUT2D eigenvalue weighted by Gasteiger charge is 2.04. The summed E-state index contributed by atoms with van der Waals surface area (Å²) in [7, 11) is 0. The van der Waals surface area contributed by atoms with Crippen LogP contribution < -0.4 is 0 Å². The van der Waals surface area contributed by atoms with Gasteiger partial charge in [0.2, 0.25) is 0 Å². The van der Waals surface area contributed by atoms with Crippen LogP contribution in [0.3, 0.4) is 0 Å². The van der Waals surface area contributed by atoms with Crippen LogP contribution in [-0.2, 0) is 4.74 Å². The Hall–Kier alpha value is -1.57. The van der Waals surface area contributed by atoms with Gasteiger partial charge in [0, 0.05) is 0 Å². The van der Waals surface area contributed by atoms with E-state index in [0.29, 0.717) is 12.2 Å². The van der Waals surface area contributed by atoms with E-state index in [2.05, 4.69) is 6.58 Å². The Morgan fingerprint density at radius 3 is 3.00 bits per heavy atom. The maximum absolute atomic E-state index is 11.3. The lowest BCUT2D eigenvalue weighted by Crippen LogP contribution is -2.04. The van der Waals surface area contributed by atoms with Gasteiger partial charge in [-0.05, 0) is 24.6 Å². The Labute approximate surface area is 77.8 Å². The molecule has 0 radical (unpaired) electrons. The van der Waals surface area contributed by atoms with Crippen molar-refractivity contribution in [2.24, 2.45) is 0 Å². The van der Waals surface area contributed by atoms with Crippen molar-refractivity contribution in [1.82, 2.24) is 0 Å². The van der Waals surface area contributed by atoms with Crippen LogP contribution in [0.1, 0.15) is 22.8 Å². The molecule has 2 nitrogen and oxygen atoms in total. The number of hydrogen-bond acceptors (Lipinski definition) is 2. The maximum Gasteiger partial charge on any atom is 0.338 e. The van der Waals surface area contributed by atoms with Gasteiger partial charge < -0.3 is 4.74 Å². The fourth-order valence-corrected chi connectivity index (χ4v) is 1.01. The van der Waals surface area contributed by atoms with Gasteiger partial charge in [-0.25, -0.2) is 4.79 Å². The predicted molar refractivity (Wildman–Crippen MR) is 52.5 cm³/mol. The first-order chi connectivity index (χ1) is 6.27. The fourth-order valence-electron chi connectivity index (χ4n) is 1.01. The van der Waals surface area contributed by atoms with Crippen LogP contribution >= 0.6 is 0 Å². The van der Waals surface area contributed by atoms with Crippen LogP contribution in [0.4, 0.5) is 0 Å². The molecular formula is C11H12O2. The molecule has 1 aromatic carbocycles. The van der Waals surface area contributed by atoms with Crippen molar-refractivity contribution in [3.63, 3.8) is 0 Å². The summed E-state index contributed by atoms with van der Waals surface area (Å²) in [4.78, 5) is 11.3. The Balaban J connectivity index is 2.88. The lowest BCUT2D eigenvalue weighted by Gasteiger charge is -2.01. The molecule has 0 heterocycles. The molecule has 1 aromatic rings. The minimum atomic E-state index is -0.286. The summed E-state index contributed by atoms with van der Waals surface area (Å²) < 4.78 is 4.85. The lowest BCUT2D eigenvalue weighted by atomic mass is 10.1. The van der Waals surface area contributed by atoms with Crippen LogP contribution in [-0.4, -0.2) is 12.6 Å². The molecule has 13 heavy (non-hydrogen) atoms. The first-order valence-electron chi connectivity index (χ1n) is 4.17. The van der Waals surface area contributed by atoms with Gasteiger partial charge in [-0.15, -0.1) is 0 Å². The zero-order valence-corrected chi connectivity index (χ0v) is 7.62. The van der Waals surface area contributed by atoms with Gasteiger partial charge in [0.05, 0.1) is 12.2 Å². The van der Waals surface area contributed by atoms with Crippen molar-refractivity contribution >= 4 is 12.0 Å². The maximum atomic E-state index is 11.3. The average molecular weight is 176 g/mol. The van der Waals surface area contributed by atoms with Crippen LogP contribution in [0.25, 0.3) is 6.08 Å². The van der Waals surface area contributed by atoms with Gasteiger partial charge >= 0.3 is 5.97 Å². The van der Waals surface area contributed by atoms with Gasteiger partial charge in [0.15, 0.2) is 0 Å². The van der Waals surface area contributed by atoms with E-state index in [-0.39, 0.29) is 5.97 Å². The fraction of sp³-hybridized carbons (Fsp3) is 0.182. The van der Waals surface area contributed by atoms with Crippen LogP contribution in [0.15, 0.2) is 30.8 Å². The van der Waals surface area contributed by atoms with Crippen molar-refractivity contribution in [1.29, 1.82) is 0 Å². The molecule has 0 fully saturated rings. The molecule has 0 unspecified atom stereocenters. The summed E-state index contributed by atoms with van der Waals surface area (Å²) in [6.45, 7) is 5.81. The Morgan fingerprint density at radius 2 is 2.38 bits per heavy atom. The number of benzene rings is 1. The minimum Gasteiger partial charge on any atom is -0.462 e. The van der Waals surface area contributed by atoms with Crippen LogP contribution in [0, 0.1) is 0 Å². The number of ether oxygens (including phenoxy) is 1. The number of rotatable bonds is 3. The summed E-state index contributed by atoms with van der Waals surface area (Å²) in [5.74, 6) is -0.286. The third-order valence-electron chi connectivity index (χ3n) is 1.63. The summed E-state index contributed by atoms with van der Waals surface area (Å²) in [5.41, 5.74) is 1.49. The number of carbonyl (C=O) groups is 1.